The van der Waals surface area contributed by atoms with Gasteiger partial charge in [-0.3, -0.25) is 0 Å². The summed E-state index contributed by atoms with van der Waals surface area (Å²) in [5.41, 5.74) is -0.741. The Balaban J connectivity index is 3.28. The summed E-state index contributed by atoms with van der Waals surface area (Å²) in [5, 5.41) is 17.7. The van der Waals surface area contributed by atoms with Crippen molar-refractivity contribution in [3.63, 3.8) is 0 Å². The van der Waals surface area contributed by atoms with Gasteiger partial charge in [0.15, 0.2) is 0 Å². The Bertz CT molecular complexity index is 80.9. The highest BCUT2D eigenvalue weighted by atomic mass is 16.5. The highest BCUT2D eigenvalue weighted by Gasteiger charge is 2.16. The van der Waals surface area contributed by atoms with Gasteiger partial charge < -0.3 is 14.9 Å². The number of aliphatic hydroxyl groups excluding tert-OH is 1. The van der Waals surface area contributed by atoms with E-state index in [2.05, 4.69) is 0 Å². The summed E-state index contributed by atoms with van der Waals surface area (Å²) < 4.78 is 4.94. The van der Waals surface area contributed by atoms with Crippen molar-refractivity contribution in [1.29, 1.82) is 0 Å². The molecule has 0 rings (SSSR count). The fourth-order valence-electron chi connectivity index (χ4n) is 0.459. The molecule has 0 aromatic heterocycles. The fraction of sp³-hybridized carbons (Fsp3) is 1.00. The molecule has 0 heterocycles. The predicted octanol–water partition coefficient (Wildman–Crippen LogP) is 0.156. The number of rotatable bonds is 5. The van der Waals surface area contributed by atoms with Crippen LogP contribution in [0, 0.1) is 0 Å². The minimum Gasteiger partial charge on any atom is -0.394 e. The maximum absolute atomic E-state index is 9.34. The highest BCUT2D eigenvalue weighted by Crippen LogP contribution is 2.07. The highest BCUT2D eigenvalue weighted by molar-refractivity contribution is 4.68. The largest absolute Gasteiger partial charge is 0.394 e. The molecule has 0 aromatic rings. The molecule has 0 fully saturated rings. The van der Waals surface area contributed by atoms with Gasteiger partial charge in [0.05, 0.1) is 25.4 Å². The van der Waals surface area contributed by atoms with Crippen molar-refractivity contribution in [1.82, 2.24) is 0 Å². The van der Waals surface area contributed by atoms with E-state index in [1.807, 2.05) is 6.92 Å². The Morgan fingerprint density at radius 2 is 2.10 bits per heavy atom. The van der Waals surface area contributed by atoms with Crippen LogP contribution in [0.5, 0.6) is 0 Å². The SMILES string of the molecule is CCC(C)(O)COCCO. The maximum atomic E-state index is 9.34. The van der Waals surface area contributed by atoms with Crippen LogP contribution in [0.15, 0.2) is 0 Å². The quantitative estimate of drug-likeness (QED) is 0.546. The second-order valence-corrected chi connectivity index (χ2v) is 2.63. The van der Waals surface area contributed by atoms with Crippen LogP contribution in [0.4, 0.5) is 0 Å². The average Bonchev–Trinajstić information content (AvgIpc) is 1.89. The molecule has 1 atom stereocenters. The number of aliphatic hydroxyl groups is 2. The first-order valence-corrected chi connectivity index (χ1v) is 3.53. The van der Waals surface area contributed by atoms with Crippen molar-refractivity contribution in [2.75, 3.05) is 19.8 Å². The van der Waals surface area contributed by atoms with Crippen LogP contribution in [-0.4, -0.2) is 35.6 Å². The summed E-state index contributed by atoms with van der Waals surface area (Å²) in [4.78, 5) is 0. The molecule has 0 aliphatic rings. The van der Waals surface area contributed by atoms with E-state index in [1.165, 1.54) is 0 Å². The second-order valence-electron chi connectivity index (χ2n) is 2.63. The monoisotopic (exact) mass is 148 g/mol. The van der Waals surface area contributed by atoms with E-state index in [0.717, 1.165) is 0 Å². The first-order chi connectivity index (χ1) is 4.62. The minimum absolute atomic E-state index is 0.0137. The lowest BCUT2D eigenvalue weighted by atomic mass is 10.1. The van der Waals surface area contributed by atoms with Crippen LogP contribution in [-0.2, 0) is 4.74 Å². The lowest BCUT2D eigenvalue weighted by Gasteiger charge is -2.20. The van der Waals surface area contributed by atoms with Crippen LogP contribution in [0.3, 0.4) is 0 Å². The van der Waals surface area contributed by atoms with Gasteiger partial charge in [0.2, 0.25) is 0 Å². The zero-order valence-electron chi connectivity index (χ0n) is 6.63. The van der Waals surface area contributed by atoms with Gasteiger partial charge in [0.25, 0.3) is 0 Å². The molecule has 2 N–H and O–H groups in total. The molecular weight excluding hydrogens is 132 g/mol. The summed E-state index contributed by atoms with van der Waals surface area (Å²) in [6.45, 7) is 4.21. The zero-order valence-corrected chi connectivity index (χ0v) is 6.63. The lowest BCUT2D eigenvalue weighted by molar-refractivity contribution is -0.0426. The Hall–Kier alpha value is -0.120. The molecule has 10 heavy (non-hydrogen) atoms. The van der Waals surface area contributed by atoms with Gasteiger partial charge in [0.1, 0.15) is 0 Å². The van der Waals surface area contributed by atoms with Gasteiger partial charge in [-0.1, -0.05) is 6.92 Å². The number of hydrogen-bond acceptors (Lipinski definition) is 3. The zero-order chi connectivity index (χ0) is 8.04. The van der Waals surface area contributed by atoms with Crippen molar-refractivity contribution in [3.05, 3.63) is 0 Å². The molecule has 0 bridgehead atoms. The van der Waals surface area contributed by atoms with E-state index >= 15 is 0 Å². The molecule has 0 saturated heterocycles. The summed E-state index contributed by atoms with van der Waals surface area (Å²) in [6.07, 6.45) is 0.665. The molecule has 0 amide bonds. The van der Waals surface area contributed by atoms with Gasteiger partial charge in [-0.15, -0.1) is 0 Å². The summed E-state index contributed by atoms with van der Waals surface area (Å²) >= 11 is 0. The van der Waals surface area contributed by atoms with E-state index in [9.17, 15) is 5.11 Å². The van der Waals surface area contributed by atoms with E-state index in [1.54, 1.807) is 6.92 Å². The predicted molar refractivity (Wildman–Crippen MR) is 38.8 cm³/mol. The third-order valence-corrected chi connectivity index (χ3v) is 1.41. The molecule has 62 valence electrons. The summed E-state index contributed by atoms with van der Waals surface area (Å²) in [6, 6.07) is 0. The summed E-state index contributed by atoms with van der Waals surface area (Å²) in [5.74, 6) is 0. The molecule has 0 spiro atoms. The van der Waals surface area contributed by atoms with Crippen LogP contribution < -0.4 is 0 Å². The first kappa shape index (κ1) is 9.88. The topological polar surface area (TPSA) is 49.7 Å². The van der Waals surface area contributed by atoms with Crippen LogP contribution in [0.1, 0.15) is 20.3 Å². The minimum atomic E-state index is -0.741. The van der Waals surface area contributed by atoms with E-state index in [-0.39, 0.29) is 6.61 Å². The van der Waals surface area contributed by atoms with E-state index in [0.29, 0.717) is 19.6 Å². The van der Waals surface area contributed by atoms with Crippen LogP contribution in [0.2, 0.25) is 0 Å². The number of ether oxygens (including phenoxy) is 1. The first-order valence-electron chi connectivity index (χ1n) is 3.53. The van der Waals surface area contributed by atoms with Crippen molar-refractivity contribution in [3.8, 4) is 0 Å². The molecule has 0 aliphatic carbocycles. The van der Waals surface area contributed by atoms with Gasteiger partial charge in [-0.05, 0) is 13.3 Å². The standard InChI is InChI=1S/C7H16O3/c1-3-7(2,9)6-10-5-4-8/h8-9H,3-6H2,1-2H3. The van der Waals surface area contributed by atoms with E-state index in [4.69, 9.17) is 9.84 Å². The molecule has 0 aromatic carbocycles. The normalized spacial score (nSPS) is 16.8. The third kappa shape index (κ3) is 4.73. The van der Waals surface area contributed by atoms with Crippen molar-refractivity contribution in [2.24, 2.45) is 0 Å². The van der Waals surface area contributed by atoms with Crippen molar-refractivity contribution < 1.29 is 14.9 Å². The summed E-state index contributed by atoms with van der Waals surface area (Å²) in [7, 11) is 0. The molecule has 1 unspecified atom stereocenters. The Morgan fingerprint density at radius 3 is 2.50 bits per heavy atom. The van der Waals surface area contributed by atoms with Gasteiger partial charge in [0, 0.05) is 0 Å². The Kier molecular flexibility index (Phi) is 4.60. The Morgan fingerprint density at radius 1 is 1.50 bits per heavy atom. The van der Waals surface area contributed by atoms with Crippen molar-refractivity contribution in [2.45, 2.75) is 25.9 Å². The lowest BCUT2D eigenvalue weighted by Crippen LogP contribution is -2.30. The maximum Gasteiger partial charge on any atom is 0.0849 e. The van der Waals surface area contributed by atoms with Gasteiger partial charge in [-0.2, -0.15) is 0 Å². The average molecular weight is 148 g/mol. The fourth-order valence-corrected chi connectivity index (χ4v) is 0.459. The van der Waals surface area contributed by atoms with Crippen LogP contribution in [0.25, 0.3) is 0 Å². The molecule has 3 heteroatoms. The van der Waals surface area contributed by atoms with Crippen LogP contribution >= 0.6 is 0 Å². The Labute approximate surface area is 61.6 Å². The van der Waals surface area contributed by atoms with Gasteiger partial charge in [-0.25, -0.2) is 0 Å². The van der Waals surface area contributed by atoms with Crippen molar-refractivity contribution >= 4 is 0 Å². The number of hydrogen-bond donors (Lipinski definition) is 2. The van der Waals surface area contributed by atoms with E-state index < -0.39 is 5.60 Å². The van der Waals surface area contributed by atoms with Gasteiger partial charge >= 0.3 is 0 Å². The second kappa shape index (κ2) is 4.66. The third-order valence-electron chi connectivity index (χ3n) is 1.41. The smallest absolute Gasteiger partial charge is 0.0849 e. The molecule has 3 nitrogen and oxygen atoms in total. The molecule has 0 saturated carbocycles. The molecular formula is C7H16O3. The molecule has 0 radical (unpaired) electrons. The molecule has 0 aliphatic heterocycles.